The molecule has 1 unspecified atom stereocenters. The number of carbonyl (C=O) groups excluding carboxylic acids is 1. The molecule has 1 aromatic rings. The van der Waals surface area contributed by atoms with Crippen molar-refractivity contribution in [1.82, 2.24) is 14.7 Å². The first-order valence-corrected chi connectivity index (χ1v) is 6.22. The third-order valence-corrected chi connectivity index (χ3v) is 2.94. The SMILES string of the molecule is CCC(C)NC(=O)CCNc1nc(C)ns1. The van der Waals surface area contributed by atoms with Gasteiger partial charge in [0.15, 0.2) is 0 Å². The largest absolute Gasteiger partial charge is 0.360 e. The topological polar surface area (TPSA) is 66.9 Å². The molecule has 1 amide bonds. The van der Waals surface area contributed by atoms with Crippen LogP contribution in [0.1, 0.15) is 32.5 Å². The third-order valence-electron chi connectivity index (χ3n) is 2.18. The van der Waals surface area contributed by atoms with E-state index in [1.54, 1.807) is 0 Å². The van der Waals surface area contributed by atoms with Gasteiger partial charge in [-0.2, -0.15) is 4.37 Å². The molecule has 0 fully saturated rings. The maximum atomic E-state index is 11.4. The molecule has 5 nitrogen and oxygen atoms in total. The summed E-state index contributed by atoms with van der Waals surface area (Å²) in [6.07, 6.45) is 1.41. The minimum atomic E-state index is 0.0723. The Bertz CT molecular complexity index is 339. The number of nitrogens with zero attached hydrogens (tertiary/aromatic N) is 2. The van der Waals surface area contributed by atoms with E-state index in [2.05, 4.69) is 20.0 Å². The molecule has 1 aromatic heterocycles. The Morgan fingerprint density at radius 3 is 2.88 bits per heavy atom. The first kappa shape index (κ1) is 12.9. The fourth-order valence-electron chi connectivity index (χ4n) is 1.10. The molecular weight excluding hydrogens is 224 g/mol. The zero-order valence-corrected chi connectivity index (χ0v) is 10.7. The summed E-state index contributed by atoms with van der Waals surface area (Å²) in [4.78, 5) is 15.6. The number of hydrogen-bond donors (Lipinski definition) is 2. The van der Waals surface area contributed by atoms with Crippen LogP contribution < -0.4 is 10.6 Å². The molecule has 0 spiro atoms. The summed E-state index contributed by atoms with van der Waals surface area (Å²) >= 11 is 1.32. The van der Waals surface area contributed by atoms with Crippen LogP contribution in [0.15, 0.2) is 0 Å². The first-order chi connectivity index (χ1) is 7.61. The van der Waals surface area contributed by atoms with Crippen molar-refractivity contribution in [3.63, 3.8) is 0 Å². The lowest BCUT2D eigenvalue weighted by Crippen LogP contribution is -2.32. The van der Waals surface area contributed by atoms with Crippen LogP contribution in [-0.2, 0) is 4.79 Å². The van der Waals surface area contributed by atoms with Crippen LogP contribution in [0.5, 0.6) is 0 Å². The predicted molar refractivity (Wildman–Crippen MR) is 65.6 cm³/mol. The molecular formula is C10H18N4OS. The van der Waals surface area contributed by atoms with Crippen molar-refractivity contribution in [2.45, 2.75) is 39.7 Å². The Labute approximate surface area is 99.8 Å². The van der Waals surface area contributed by atoms with Gasteiger partial charge in [-0.25, -0.2) is 4.98 Å². The second-order valence-electron chi connectivity index (χ2n) is 3.70. The van der Waals surface area contributed by atoms with Crippen molar-refractivity contribution in [2.24, 2.45) is 0 Å². The van der Waals surface area contributed by atoms with Gasteiger partial charge in [-0.1, -0.05) is 6.92 Å². The number of aromatic nitrogens is 2. The van der Waals surface area contributed by atoms with Crippen LogP contribution >= 0.6 is 11.5 Å². The highest BCUT2D eigenvalue weighted by molar-refractivity contribution is 7.09. The van der Waals surface area contributed by atoms with Crippen LogP contribution in [0.3, 0.4) is 0 Å². The molecule has 0 aliphatic carbocycles. The standard InChI is InChI=1S/C10H18N4OS/c1-4-7(2)12-9(15)5-6-11-10-13-8(3)14-16-10/h7H,4-6H2,1-3H3,(H,12,15)(H,11,13,14). The number of carbonyl (C=O) groups is 1. The van der Waals surface area contributed by atoms with E-state index in [4.69, 9.17) is 0 Å². The number of anilines is 1. The third kappa shape index (κ3) is 4.57. The summed E-state index contributed by atoms with van der Waals surface area (Å²) in [5.41, 5.74) is 0. The number of amides is 1. The maximum Gasteiger partial charge on any atom is 0.221 e. The van der Waals surface area contributed by atoms with Crippen molar-refractivity contribution in [2.75, 3.05) is 11.9 Å². The Balaban J connectivity index is 2.18. The van der Waals surface area contributed by atoms with Gasteiger partial charge in [0.05, 0.1) is 0 Å². The molecule has 0 radical (unpaired) electrons. The lowest BCUT2D eigenvalue weighted by molar-refractivity contribution is -0.121. The second kappa shape index (κ2) is 6.42. The van der Waals surface area contributed by atoms with E-state index in [1.165, 1.54) is 11.5 Å². The summed E-state index contributed by atoms with van der Waals surface area (Å²) in [5, 5.41) is 6.75. The van der Waals surface area contributed by atoms with Crippen molar-refractivity contribution < 1.29 is 4.79 Å². The smallest absolute Gasteiger partial charge is 0.221 e. The summed E-state index contributed by atoms with van der Waals surface area (Å²) in [6.45, 7) is 6.49. The van der Waals surface area contributed by atoms with Crippen molar-refractivity contribution in [1.29, 1.82) is 0 Å². The molecule has 0 bridgehead atoms. The molecule has 0 aromatic carbocycles. The van der Waals surface area contributed by atoms with Gasteiger partial charge in [-0.3, -0.25) is 4.79 Å². The minimum absolute atomic E-state index is 0.0723. The van der Waals surface area contributed by atoms with Crippen molar-refractivity contribution in [3.8, 4) is 0 Å². The number of hydrogen-bond acceptors (Lipinski definition) is 5. The predicted octanol–water partition coefficient (Wildman–Crippen LogP) is 1.56. The zero-order chi connectivity index (χ0) is 12.0. The summed E-state index contributed by atoms with van der Waals surface area (Å²) in [6, 6.07) is 0.247. The quantitative estimate of drug-likeness (QED) is 0.794. The van der Waals surface area contributed by atoms with Gasteiger partial charge < -0.3 is 10.6 Å². The van der Waals surface area contributed by atoms with E-state index in [9.17, 15) is 4.79 Å². The Kier molecular flexibility index (Phi) is 5.18. The normalized spacial score (nSPS) is 12.2. The van der Waals surface area contributed by atoms with E-state index in [0.717, 1.165) is 17.4 Å². The van der Waals surface area contributed by atoms with Gasteiger partial charge in [-0.15, -0.1) is 0 Å². The first-order valence-electron chi connectivity index (χ1n) is 5.45. The van der Waals surface area contributed by atoms with E-state index >= 15 is 0 Å². The molecule has 0 aliphatic rings. The maximum absolute atomic E-state index is 11.4. The van der Waals surface area contributed by atoms with Crippen molar-refractivity contribution >= 4 is 22.6 Å². The fraction of sp³-hybridized carbons (Fsp3) is 0.700. The molecule has 1 rings (SSSR count). The molecule has 6 heteroatoms. The summed E-state index contributed by atoms with van der Waals surface area (Å²) in [5.74, 6) is 0.833. The van der Waals surface area contributed by atoms with Gasteiger partial charge in [0.25, 0.3) is 0 Å². The minimum Gasteiger partial charge on any atom is -0.360 e. The van der Waals surface area contributed by atoms with Crippen LogP contribution in [-0.4, -0.2) is 27.9 Å². The van der Waals surface area contributed by atoms with Crippen LogP contribution in [0.4, 0.5) is 5.13 Å². The monoisotopic (exact) mass is 242 g/mol. The average molecular weight is 242 g/mol. The fourth-order valence-corrected chi connectivity index (χ4v) is 1.70. The molecule has 1 atom stereocenters. The lowest BCUT2D eigenvalue weighted by Gasteiger charge is -2.11. The second-order valence-corrected chi connectivity index (χ2v) is 4.45. The molecule has 1 heterocycles. The molecule has 0 saturated carbocycles. The average Bonchev–Trinajstić information content (AvgIpc) is 2.64. The molecule has 0 aliphatic heterocycles. The van der Waals surface area contributed by atoms with Gasteiger partial charge in [0.2, 0.25) is 11.0 Å². The lowest BCUT2D eigenvalue weighted by atomic mass is 10.2. The number of rotatable bonds is 6. The van der Waals surface area contributed by atoms with E-state index in [-0.39, 0.29) is 11.9 Å². The van der Waals surface area contributed by atoms with E-state index in [0.29, 0.717) is 13.0 Å². The van der Waals surface area contributed by atoms with Crippen LogP contribution in [0.2, 0.25) is 0 Å². The van der Waals surface area contributed by atoms with E-state index in [1.807, 2.05) is 20.8 Å². The number of nitrogens with one attached hydrogen (secondary N) is 2. The highest BCUT2D eigenvalue weighted by Gasteiger charge is 2.05. The molecule has 0 saturated heterocycles. The highest BCUT2D eigenvalue weighted by atomic mass is 32.1. The Hall–Kier alpha value is -1.17. The summed E-state index contributed by atoms with van der Waals surface area (Å²) < 4.78 is 4.04. The van der Waals surface area contributed by atoms with Crippen LogP contribution in [0, 0.1) is 6.92 Å². The Morgan fingerprint density at radius 1 is 1.56 bits per heavy atom. The zero-order valence-electron chi connectivity index (χ0n) is 9.91. The van der Waals surface area contributed by atoms with Gasteiger partial charge in [0.1, 0.15) is 5.82 Å². The molecule has 90 valence electrons. The van der Waals surface area contributed by atoms with Crippen molar-refractivity contribution in [3.05, 3.63) is 5.82 Å². The van der Waals surface area contributed by atoms with E-state index < -0.39 is 0 Å². The van der Waals surface area contributed by atoms with Gasteiger partial charge in [-0.05, 0) is 20.3 Å². The van der Waals surface area contributed by atoms with Crippen LogP contribution in [0.25, 0.3) is 0 Å². The Morgan fingerprint density at radius 2 is 2.31 bits per heavy atom. The highest BCUT2D eigenvalue weighted by Crippen LogP contribution is 2.09. The molecule has 16 heavy (non-hydrogen) atoms. The summed E-state index contributed by atoms with van der Waals surface area (Å²) in [7, 11) is 0. The molecule has 2 N–H and O–H groups in total. The van der Waals surface area contributed by atoms with Gasteiger partial charge >= 0.3 is 0 Å². The number of aryl methyl sites for hydroxylation is 1. The van der Waals surface area contributed by atoms with Gasteiger partial charge in [0, 0.05) is 30.5 Å².